The highest BCUT2D eigenvalue weighted by Gasteiger charge is 2.34. The average molecular weight is 266 g/mol. The van der Waals surface area contributed by atoms with Crippen molar-refractivity contribution in [3.8, 4) is 0 Å². The van der Waals surface area contributed by atoms with Gasteiger partial charge in [0.2, 0.25) is 5.95 Å². The number of hydrogen-bond donors (Lipinski definition) is 0. The van der Waals surface area contributed by atoms with Crippen LogP contribution in [-0.4, -0.2) is 28.4 Å². The fourth-order valence-corrected chi connectivity index (χ4v) is 2.22. The fraction of sp³-hybridized carbons (Fsp3) is 0.600. The number of alkyl halides is 4. The molecule has 1 atom stereocenters. The van der Waals surface area contributed by atoms with Crippen molar-refractivity contribution >= 4 is 17.5 Å². The maximum Gasteiger partial charge on any atom is 0.433 e. The fourth-order valence-electron chi connectivity index (χ4n) is 1.90. The monoisotopic (exact) mass is 265 g/mol. The van der Waals surface area contributed by atoms with Crippen LogP contribution in [0.5, 0.6) is 0 Å². The maximum absolute atomic E-state index is 12.5. The zero-order chi connectivity index (χ0) is 12.5. The number of rotatable bonds is 2. The van der Waals surface area contributed by atoms with Gasteiger partial charge in [0.1, 0.15) is 5.69 Å². The molecule has 2 heterocycles. The molecule has 1 aromatic rings. The Kier molecular flexibility index (Phi) is 3.42. The summed E-state index contributed by atoms with van der Waals surface area (Å²) in [6.07, 6.45) is -1.54. The number of anilines is 1. The summed E-state index contributed by atoms with van der Waals surface area (Å²) < 4.78 is 37.5. The summed E-state index contributed by atoms with van der Waals surface area (Å²) >= 11 is 5.76. The standard InChI is InChI=1S/C10H11ClF3N3/c11-6-7-2-1-5-17(7)9-15-4-3-8(16-9)10(12,13)14/h3-4,7H,1-2,5-6H2. The Morgan fingerprint density at radius 2 is 2.24 bits per heavy atom. The lowest BCUT2D eigenvalue weighted by molar-refractivity contribution is -0.141. The van der Waals surface area contributed by atoms with Crippen molar-refractivity contribution in [2.24, 2.45) is 0 Å². The molecule has 0 amide bonds. The molecular formula is C10H11ClF3N3. The van der Waals surface area contributed by atoms with Crippen LogP contribution in [0.4, 0.5) is 19.1 Å². The average Bonchev–Trinajstić information content (AvgIpc) is 2.76. The summed E-state index contributed by atoms with van der Waals surface area (Å²) in [6.45, 7) is 0.651. The Labute approximate surface area is 102 Å². The van der Waals surface area contributed by atoms with E-state index in [4.69, 9.17) is 11.6 Å². The SMILES string of the molecule is FC(F)(F)c1ccnc(N2CCCC2CCl)n1. The van der Waals surface area contributed by atoms with Gasteiger partial charge in [0.15, 0.2) is 0 Å². The van der Waals surface area contributed by atoms with Crippen LogP contribution < -0.4 is 4.90 Å². The van der Waals surface area contributed by atoms with Crippen molar-refractivity contribution in [2.45, 2.75) is 25.1 Å². The molecule has 1 saturated heterocycles. The minimum absolute atomic E-state index is 0.0279. The Balaban J connectivity index is 2.27. The van der Waals surface area contributed by atoms with Crippen LogP contribution in [-0.2, 0) is 6.18 Å². The van der Waals surface area contributed by atoms with Crippen molar-refractivity contribution in [1.82, 2.24) is 9.97 Å². The summed E-state index contributed by atoms with van der Waals surface area (Å²) in [5.41, 5.74) is -0.914. The predicted molar refractivity (Wildman–Crippen MR) is 58.1 cm³/mol. The van der Waals surface area contributed by atoms with Crippen LogP contribution in [0.2, 0.25) is 0 Å². The Bertz CT molecular complexity index is 397. The summed E-state index contributed by atoms with van der Waals surface area (Å²) in [7, 11) is 0. The first-order valence-corrected chi connectivity index (χ1v) is 5.78. The predicted octanol–water partition coefficient (Wildman–Crippen LogP) is 2.70. The van der Waals surface area contributed by atoms with E-state index >= 15 is 0 Å². The van der Waals surface area contributed by atoms with Gasteiger partial charge < -0.3 is 4.90 Å². The lowest BCUT2D eigenvalue weighted by Gasteiger charge is -2.23. The molecule has 2 rings (SSSR count). The highest BCUT2D eigenvalue weighted by molar-refractivity contribution is 6.18. The second-order valence-electron chi connectivity index (χ2n) is 3.88. The van der Waals surface area contributed by atoms with Gasteiger partial charge >= 0.3 is 6.18 Å². The molecule has 17 heavy (non-hydrogen) atoms. The normalized spacial score (nSPS) is 20.9. The van der Waals surface area contributed by atoms with E-state index < -0.39 is 11.9 Å². The summed E-state index contributed by atoms with van der Waals surface area (Å²) in [5, 5.41) is 0. The minimum Gasteiger partial charge on any atom is -0.337 e. The molecule has 1 fully saturated rings. The highest BCUT2D eigenvalue weighted by Crippen LogP contribution is 2.29. The van der Waals surface area contributed by atoms with E-state index in [2.05, 4.69) is 9.97 Å². The van der Waals surface area contributed by atoms with Gasteiger partial charge in [-0.15, -0.1) is 11.6 Å². The van der Waals surface area contributed by atoms with Crippen LogP contribution in [0, 0.1) is 0 Å². The third-order valence-electron chi connectivity index (χ3n) is 2.75. The van der Waals surface area contributed by atoms with Crippen molar-refractivity contribution in [2.75, 3.05) is 17.3 Å². The second kappa shape index (κ2) is 4.68. The molecule has 0 radical (unpaired) electrons. The number of nitrogens with zero attached hydrogens (tertiary/aromatic N) is 3. The molecule has 0 spiro atoms. The summed E-state index contributed by atoms with van der Waals surface area (Å²) in [6, 6.07) is 0.898. The molecule has 1 aromatic heterocycles. The van der Waals surface area contributed by atoms with Crippen molar-refractivity contribution in [3.63, 3.8) is 0 Å². The van der Waals surface area contributed by atoms with Gasteiger partial charge in [-0.1, -0.05) is 0 Å². The molecule has 94 valence electrons. The molecule has 0 N–H and O–H groups in total. The van der Waals surface area contributed by atoms with Crippen molar-refractivity contribution < 1.29 is 13.2 Å². The molecule has 0 bridgehead atoms. The number of hydrogen-bond acceptors (Lipinski definition) is 3. The van der Waals surface area contributed by atoms with Gasteiger partial charge in [0, 0.05) is 24.7 Å². The zero-order valence-corrected chi connectivity index (χ0v) is 9.67. The van der Waals surface area contributed by atoms with Gasteiger partial charge in [-0.2, -0.15) is 13.2 Å². The van der Waals surface area contributed by atoms with Gasteiger partial charge in [0.25, 0.3) is 0 Å². The van der Waals surface area contributed by atoms with E-state index in [1.165, 1.54) is 0 Å². The zero-order valence-electron chi connectivity index (χ0n) is 8.91. The van der Waals surface area contributed by atoms with Crippen LogP contribution >= 0.6 is 11.6 Å². The Hall–Kier alpha value is -1.04. The number of aromatic nitrogens is 2. The van der Waals surface area contributed by atoms with Gasteiger partial charge in [-0.3, -0.25) is 0 Å². The molecule has 0 saturated carbocycles. The summed E-state index contributed by atoms with van der Waals surface area (Å²) in [4.78, 5) is 9.18. The van der Waals surface area contributed by atoms with E-state index in [1.807, 2.05) is 0 Å². The highest BCUT2D eigenvalue weighted by atomic mass is 35.5. The van der Waals surface area contributed by atoms with E-state index in [1.54, 1.807) is 4.90 Å². The van der Waals surface area contributed by atoms with E-state index in [-0.39, 0.29) is 12.0 Å². The number of halogens is 4. The molecule has 3 nitrogen and oxygen atoms in total. The topological polar surface area (TPSA) is 29.0 Å². The molecule has 1 unspecified atom stereocenters. The van der Waals surface area contributed by atoms with Crippen LogP contribution in [0.15, 0.2) is 12.3 Å². The first-order valence-electron chi connectivity index (χ1n) is 5.25. The third-order valence-corrected chi connectivity index (χ3v) is 3.10. The van der Waals surface area contributed by atoms with E-state index in [0.717, 1.165) is 25.1 Å². The maximum atomic E-state index is 12.5. The van der Waals surface area contributed by atoms with Crippen LogP contribution in [0.3, 0.4) is 0 Å². The molecule has 7 heteroatoms. The van der Waals surface area contributed by atoms with E-state index in [0.29, 0.717) is 12.4 Å². The quantitative estimate of drug-likeness (QED) is 0.770. The summed E-state index contributed by atoms with van der Waals surface area (Å²) in [5.74, 6) is 0.488. The van der Waals surface area contributed by atoms with Crippen LogP contribution in [0.25, 0.3) is 0 Å². The molecule has 1 aliphatic heterocycles. The van der Waals surface area contributed by atoms with Gasteiger partial charge in [-0.25, -0.2) is 9.97 Å². The van der Waals surface area contributed by atoms with Gasteiger partial charge in [0.05, 0.1) is 0 Å². The molecule has 1 aliphatic rings. The first-order chi connectivity index (χ1) is 8.02. The molecular weight excluding hydrogens is 255 g/mol. The smallest absolute Gasteiger partial charge is 0.337 e. The van der Waals surface area contributed by atoms with Gasteiger partial charge in [-0.05, 0) is 18.9 Å². The Morgan fingerprint density at radius 1 is 1.47 bits per heavy atom. The van der Waals surface area contributed by atoms with E-state index in [9.17, 15) is 13.2 Å². The largest absolute Gasteiger partial charge is 0.433 e. The van der Waals surface area contributed by atoms with Crippen molar-refractivity contribution in [3.05, 3.63) is 18.0 Å². The first kappa shape index (κ1) is 12.4. The lowest BCUT2D eigenvalue weighted by atomic mass is 10.2. The third kappa shape index (κ3) is 2.62. The van der Waals surface area contributed by atoms with Crippen molar-refractivity contribution in [1.29, 1.82) is 0 Å². The minimum atomic E-state index is -4.44. The molecule has 0 aromatic carbocycles. The second-order valence-corrected chi connectivity index (χ2v) is 4.19. The lowest BCUT2D eigenvalue weighted by Crippen LogP contribution is -2.32. The molecule has 0 aliphatic carbocycles. The Morgan fingerprint density at radius 3 is 2.88 bits per heavy atom. The van der Waals surface area contributed by atoms with Crippen LogP contribution in [0.1, 0.15) is 18.5 Å².